The van der Waals surface area contributed by atoms with Crippen LogP contribution in [0.4, 0.5) is 11.8 Å². The molecule has 6 nitrogen and oxygen atoms in total. The van der Waals surface area contributed by atoms with Crippen LogP contribution in [0.5, 0.6) is 0 Å². The number of halogens is 3. The first-order valence-corrected chi connectivity index (χ1v) is 10.2. The normalized spacial score (nSPS) is 22.2. The molecule has 3 aromatic rings. The van der Waals surface area contributed by atoms with E-state index in [1.165, 1.54) is 6.20 Å². The fourth-order valence-electron chi connectivity index (χ4n) is 3.31. The number of H-pyrrole nitrogens is 1. The Morgan fingerprint density at radius 3 is 2.68 bits per heavy atom. The molecule has 146 valence electrons. The van der Waals surface area contributed by atoms with Crippen LogP contribution in [0.3, 0.4) is 0 Å². The maximum Gasteiger partial charge on any atom is 0.256 e. The lowest BCUT2D eigenvalue weighted by Crippen LogP contribution is -2.41. The van der Waals surface area contributed by atoms with E-state index in [9.17, 15) is 4.79 Å². The van der Waals surface area contributed by atoms with Crippen molar-refractivity contribution in [3.8, 4) is 0 Å². The first-order valence-electron chi connectivity index (χ1n) is 8.97. The number of hydrogen-bond donors (Lipinski definition) is 3. The fraction of sp³-hybridized carbons (Fsp3) is 0.316. The van der Waals surface area contributed by atoms with E-state index in [1.54, 1.807) is 24.3 Å². The van der Waals surface area contributed by atoms with Crippen LogP contribution in [-0.2, 0) is 0 Å². The van der Waals surface area contributed by atoms with Crippen LogP contribution in [0.15, 0.2) is 36.5 Å². The Kier molecular flexibility index (Phi) is 5.62. The monoisotopic (exact) mass is 437 g/mol. The molecule has 1 saturated carbocycles. The zero-order valence-electron chi connectivity index (χ0n) is 14.8. The van der Waals surface area contributed by atoms with Crippen molar-refractivity contribution in [1.82, 2.24) is 15.0 Å². The van der Waals surface area contributed by atoms with Gasteiger partial charge in [-0.15, -0.1) is 23.2 Å². The molecule has 2 heterocycles. The Balaban J connectivity index is 1.52. The number of alkyl halides is 2. The number of carbonyl (C=O) groups excluding carboxylic acids is 1. The quantitative estimate of drug-likeness (QED) is 0.498. The molecule has 1 fully saturated rings. The Hall–Kier alpha value is -2.02. The van der Waals surface area contributed by atoms with Crippen molar-refractivity contribution < 1.29 is 4.79 Å². The molecule has 0 aliphatic heterocycles. The van der Waals surface area contributed by atoms with Gasteiger partial charge < -0.3 is 15.6 Å². The minimum Gasteiger partial charge on any atom is -0.350 e. The molecule has 0 bridgehead atoms. The summed E-state index contributed by atoms with van der Waals surface area (Å²) in [4.78, 5) is 24.3. The SMILES string of the molecule is O=C(Nc1cc(Cl)ccn1)c1ccc2[nH]c(NC3C(Cl)CCCC3Cl)nc2c1. The number of aromatic nitrogens is 3. The van der Waals surface area contributed by atoms with Crippen molar-refractivity contribution >= 4 is 63.5 Å². The molecule has 0 saturated heterocycles. The number of nitrogens with zero attached hydrogens (tertiary/aromatic N) is 2. The van der Waals surface area contributed by atoms with Crippen molar-refractivity contribution in [2.24, 2.45) is 0 Å². The molecular formula is C19H18Cl3N5O. The zero-order valence-corrected chi connectivity index (χ0v) is 17.0. The third-order valence-corrected chi connectivity index (χ3v) is 5.97. The van der Waals surface area contributed by atoms with Crippen LogP contribution < -0.4 is 10.6 Å². The van der Waals surface area contributed by atoms with Crippen molar-refractivity contribution in [2.75, 3.05) is 10.6 Å². The van der Waals surface area contributed by atoms with Gasteiger partial charge in [0.25, 0.3) is 5.91 Å². The number of fused-ring (bicyclic) bond motifs is 1. The minimum absolute atomic E-state index is 0.0454. The largest absolute Gasteiger partial charge is 0.350 e. The van der Waals surface area contributed by atoms with Gasteiger partial charge >= 0.3 is 0 Å². The van der Waals surface area contributed by atoms with Crippen LogP contribution in [0.2, 0.25) is 5.02 Å². The van der Waals surface area contributed by atoms with E-state index in [1.807, 2.05) is 6.07 Å². The van der Waals surface area contributed by atoms with Gasteiger partial charge in [0.15, 0.2) is 0 Å². The summed E-state index contributed by atoms with van der Waals surface area (Å²) in [6.07, 6.45) is 4.40. The van der Waals surface area contributed by atoms with Gasteiger partial charge in [-0.1, -0.05) is 18.0 Å². The molecule has 2 aromatic heterocycles. The number of anilines is 2. The second-order valence-electron chi connectivity index (χ2n) is 6.76. The van der Waals surface area contributed by atoms with E-state index in [-0.39, 0.29) is 22.7 Å². The summed E-state index contributed by atoms with van der Waals surface area (Å²) in [5, 5.41) is 6.44. The summed E-state index contributed by atoms with van der Waals surface area (Å²) in [5.74, 6) is 0.691. The van der Waals surface area contributed by atoms with E-state index in [4.69, 9.17) is 34.8 Å². The first kappa shape index (κ1) is 19.3. The van der Waals surface area contributed by atoms with Gasteiger partial charge in [0, 0.05) is 16.8 Å². The predicted molar refractivity (Wildman–Crippen MR) is 114 cm³/mol. The molecule has 1 aliphatic rings. The van der Waals surface area contributed by atoms with Crippen molar-refractivity contribution in [1.29, 1.82) is 0 Å². The second-order valence-corrected chi connectivity index (χ2v) is 8.32. The molecule has 1 amide bonds. The molecule has 1 aromatic carbocycles. The van der Waals surface area contributed by atoms with Gasteiger partial charge in [0.05, 0.1) is 27.8 Å². The number of nitrogens with one attached hydrogen (secondary N) is 3. The smallest absolute Gasteiger partial charge is 0.256 e. The number of benzene rings is 1. The Morgan fingerprint density at radius 2 is 1.93 bits per heavy atom. The average molecular weight is 439 g/mol. The van der Waals surface area contributed by atoms with Crippen LogP contribution in [0.25, 0.3) is 11.0 Å². The topological polar surface area (TPSA) is 82.7 Å². The highest BCUT2D eigenvalue weighted by atomic mass is 35.5. The predicted octanol–water partition coefficient (Wildman–Crippen LogP) is 5.04. The van der Waals surface area contributed by atoms with E-state index in [2.05, 4.69) is 25.6 Å². The van der Waals surface area contributed by atoms with Crippen molar-refractivity contribution in [3.05, 3.63) is 47.1 Å². The third-order valence-electron chi connectivity index (χ3n) is 4.75. The van der Waals surface area contributed by atoms with Gasteiger partial charge in [-0.25, -0.2) is 9.97 Å². The maximum atomic E-state index is 12.5. The highest BCUT2D eigenvalue weighted by molar-refractivity contribution is 6.30. The van der Waals surface area contributed by atoms with Gasteiger partial charge in [-0.2, -0.15) is 0 Å². The standard InChI is InChI=1S/C19H18Cl3N5O/c20-11-6-7-23-16(9-11)26-18(28)10-4-5-14-15(8-10)25-19(24-14)27-17-12(21)2-1-3-13(17)22/h4-9,12-13,17H,1-3H2,(H,23,26,28)(H2,24,25,27). The van der Waals surface area contributed by atoms with Crippen LogP contribution in [-0.4, -0.2) is 37.7 Å². The zero-order chi connectivity index (χ0) is 19.7. The second kappa shape index (κ2) is 8.15. The van der Waals surface area contributed by atoms with Crippen molar-refractivity contribution in [3.63, 3.8) is 0 Å². The summed E-state index contributed by atoms with van der Waals surface area (Å²) < 4.78 is 0. The maximum absolute atomic E-state index is 12.5. The average Bonchev–Trinajstić information content (AvgIpc) is 3.06. The first-order chi connectivity index (χ1) is 13.5. The molecule has 28 heavy (non-hydrogen) atoms. The molecule has 0 radical (unpaired) electrons. The van der Waals surface area contributed by atoms with E-state index in [0.717, 1.165) is 24.8 Å². The number of hydrogen-bond acceptors (Lipinski definition) is 4. The van der Waals surface area contributed by atoms with Crippen LogP contribution >= 0.6 is 34.8 Å². The Labute approximate surface area is 177 Å². The van der Waals surface area contributed by atoms with Gasteiger partial charge in [-0.3, -0.25) is 4.79 Å². The van der Waals surface area contributed by atoms with E-state index < -0.39 is 0 Å². The summed E-state index contributed by atoms with van der Waals surface area (Å²) in [5.41, 5.74) is 1.95. The fourth-order valence-corrected chi connectivity index (χ4v) is 4.33. The Morgan fingerprint density at radius 1 is 1.14 bits per heavy atom. The number of amides is 1. The lowest BCUT2D eigenvalue weighted by molar-refractivity contribution is 0.102. The van der Waals surface area contributed by atoms with Gasteiger partial charge in [0.1, 0.15) is 5.82 Å². The molecule has 1 aliphatic carbocycles. The summed E-state index contributed by atoms with van der Waals surface area (Å²) in [6.45, 7) is 0. The number of aromatic amines is 1. The van der Waals surface area contributed by atoms with Crippen molar-refractivity contribution in [2.45, 2.75) is 36.1 Å². The lowest BCUT2D eigenvalue weighted by atomic mass is 9.94. The summed E-state index contributed by atoms with van der Waals surface area (Å²) in [6, 6.07) is 8.42. The molecule has 3 N–H and O–H groups in total. The molecule has 4 rings (SSSR count). The molecular weight excluding hydrogens is 421 g/mol. The molecule has 0 spiro atoms. The number of pyridine rings is 1. The third kappa shape index (κ3) is 4.19. The highest BCUT2D eigenvalue weighted by Crippen LogP contribution is 2.30. The number of imidazole rings is 1. The molecule has 2 unspecified atom stereocenters. The number of carbonyl (C=O) groups is 1. The van der Waals surface area contributed by atoms with Gasteiger partial charge in [0.2, 0.25) is 5.95 Å². The number of rotatable bonds is 4. The molecule has 9 heteroatoms. The van der Waals surface area contributed by atoms with Crippen LogP contribution in [0.1, 0.15) is 29.6 Å². The highest BCUT2D eigenvalue weighted by Gasteiger charge is 2.31. The van der Waals surface area contributed by atoms with Gasteiger partial charge in [-0.05, 0) is 43.2 Å². The Bertz CT molecular complexity index is 998. The van der Waals surface area contributed by atoms with E-state index >= 15 is 0 Å². The van der Waals surface area contributed by atoms with E-state index in [0.29, 0.717) is 27.9 Å². The molecule has 2 atom stereocenters. The van der Waals surface area contributed by atoms with Crippen LogP contribution in [0, 0.1) is 0 Å². The minimum atomic E-state index is -0.289. The summed E-state index contributed by atoms with van der Waals surface area (Å²) in [7, 11) is 0. The lowest BCUT2D eigenvalue weighted by Gasteiger charge is -2.31. The summed E-state index contributed by atoms with van der Waals surface area (Å²) >= 11 is 18.8.